The van der Waals surface area contributed by atoms with Crippen molar-refractivity contribution >= 4 is 5.91 Å². The molecule has 5 heteroatoms. The number of aromatic nitrogens is 2. The third-order valence-electron chi connectivity index (χ3n) is 4.18. The summed E-state index contributed by atoms with van der Waals surface area (Å²) < 4.78 is 0. The van der Waals surface area contributed by atoms with Gasteiger partial charge >= 0.3 is 0 Å². The van der Waals surface area contributed by atoms with Gasteiger partial charge in [-0.25, -0.2) is 4.98 Å². The van der Waals surface area contributed by atoms with Crippen LogP contribution in [0.15, 0.2) is 12.4 Å². The van der Waals surface area contributed by atoms with Gasteiger partial charge in [0.2, 0.25) is 0 Å². The number of carbonyl (C=O) groups is 1. The van der Waals surface area contributed by atoms with Gasteiger partial charge in [0.25, 0.3) is 5.91 Å². The van der Waals surface area contributed by atoms with Crippen molar-refractivity contribution < 1.29 is 4.79 Å². The molecule has 1 aromatic heterocycles. The molecule has 1 aromatic rings. The van der Waals surface area contributed by atoms with Gasteiger partial charge in [0, 0.05) is 25.2 Å². The van der Waals surface area contributed by atoms with Crippen LogP contribution in [0.5, 0.6) is 0 Å². The van der Waals surface area contributed by atoms with E-state index in [2.05, 4.69) is 27.2 Å². The number of nitrogens with one attached hydrogen (secondary N) is 1. The zero-order valence-electron chi connectivity index (χ0n) is 12.0. The number of amides is 1. The van der Waals surface area contributed by atoms with Crippen LogP contribution in [0.25, 0.3) is 0 Å². The van der Waals surface area contributed by atoms with Crippen LogP contribution >= 0.6 is 0 Å². The quantitative estimate of drug-likeness (QED) is 0.902. The van der Waals surface area contributed by atoms with Crippen molar-refractivity contribution in [3.63, 3.8) is 0 Å². The summed E-state index contributed by atoms with van der Waals surface area (Å²) in [6, 6.07) is 0. The summed E-state index contributed by atoms with van der Waals surface area (Å²) in [6.07, 6.45) is 8.16. The minimum absolute atomic E-state index is 0.0876. The number of nitrogens with zero attached hydrogens (tertiary/aromatic N) is 3. The minimum Gasteiger partial charge on any atom is -0.350 e. The number of hydrogen-bond donors (Lipinski definition) is 1. The van der Waals surface area contributed by atoms with Gasteiger partial charge in [-0.3, -0.25) is 9.78 Å². The lowest BCUT2D eigenvalue weighted by atomic mass is 9.95. The lowest BCUT2D eigenvalue weighted by Crippen LogP contribution is -2.32. The highest BCUT2D eigenvalue weighted by molar-refractivity contribution is 5.91. The smallest absolute Gasteiger partial charge is 0.271 e. The van der Waals surface area contributed by atoms with Crippen molar-refractivity contribution in [1.29, 1.82) is 0 Å². The molecule has 3 rings (SSSR count). The maximum atomic E-state index is 12.1. The molecule has 2 heterocycles. The Morgan fingerprint density at radius 2 is 2.25 bits per heavy atom. The third kappa shape index (κ3) is 3.33. The molecule has 1 unspecified atom stereocenters. The molecule has 0 bridgehead atoms. The van der Waals surface area contributed by atoms with Crippen LogP contribution in [0.4, 0.5) is 0 Å². The van der Waals surface area contributed by atoms with E-state index in [4.69, 9.17) is 0 Å². The second-order valence-electron chi connectivity index (χ2n) is 6.08. The van der Waals surface area contributed by atoms with Crippen LogP contribution < -0.4 is 5.32 Å². The second-order valence-corrected chi connectivity index (χ2v) is 6.08. The first-order valence-corrected chi connectivity index (χ1v) is 7.51. The number of hydrogen-bond acceptors (Lipinski definition) is 4. The van der Waals surface area contributed by atoms with E-state index in [9.17, 15) is 4.79 Å². The molecule has 1 aliphatic heterocycles. The van der Waals surface area contributed by atoms with Crippen LogP contribution in [0.2, 0.25) is 0 Å². The van der Waals surface area contributed by atoms with Crippen molar-refractivity contribution in [3.05, 3.63) is 23.8 Å². The molecule has 1 saturated heterocycles. The Morgan fingerprint density at radius 1 is 1.40 bits per heavy atom. The van der Waals surface area contributed by atoms with E-state index < -0.39 is 0 Å². The van der Waals surface area contributed by atoms with Crippen molar-refractivity contribution in [2.45, 2.75) is 31.6 Å². The number of carbonyl (C=O) groups excluding carboxylic acids is 1. The lowest BCUT2D eigenvalue weighted by Gasteiger charge is -2.29. The summed E-state index contributed by atoms with van der Waals surface area (Å²) in [7, 11) is 2.13. The number of piperidine rings is 1. The fourth-order valence-electron chi connectivity index (χ4n) is 2.74. The SMILES string of the molecule is CN1CCCC(c2cncc(C(=O)NCC3CC3)n2)C1. The average molecular weight is 274 g/mol. The van der Waals surface area contributed by atoms with Crippen molar-refractivity contribution in [2.75, 3.05) is 26.7 Å². The van der Waals surface area contributed by atoms with E-state index in [-0.39, 0.29) is 5.91 Å². The van der Waals surface area contributed by atoms with Crippen molar-refractivity contribution in [3.8, 4) is 0 Å². The fraction of sp³-hybridized carbons (Fsp3) is 0.667. The molecule has 0 radical (unpaired) electrons. The van der Waals surface area contributed by atoms with Gasteiger partial charge in [0.15, 0.2) is 0 Å². The molecule has 1 aliphatic carbocycles. The molecule has 1 N–H and O–H groups in total. The highest BCUT2D eigenvalue weighted by Gasteiger charge is 2.23. The van der Waals surface area contributed by atoms with E-state index in [0.29, 0.717) is 17.5 Å². The van der Waals surface area contributed by atoms with Gasteiger partial charge in [0.05, 0.1) is 11.9 Å². The van der Waals surface area contributed by atoms with Crippen LogP contribution in [0.3, 0.4) is 0 Å². The molecule has 20 heavy (non-hydrogen) atoms. The fourth-order valence-corrected chi connectivity index (χ4v) is 2.74. The van der Waals surface area contributed by atoms with Crippen LogP contribution in [0.1, 0.15) is 47.8 Å². The van der Waals surface area contributed by atoms with Gasteiger partial charge in [-0.1, -0.05) is 0 Å². The Bertz CT molecular complexity index is 487. The molecule has 5 nitrogen and oxygen atoms in total. The first-order valence-electron chi connectivity index (χ1n) is 7.51. The number of likely N-dealkylation sites (N-methyl/N-ethyl adjacent to an activating group) is 1. The summed E-state index contributed by atoms with van der Waals surface area (Å²) in [5.41, 5.74) is 1.41. The topological polar surface area (TPSA) is 58.1 Å². The number of rotatable bonds is 4. The Kier molecular flexibility index (Phi) is 3.96. The molecule has 108 valence electrons. The molecule has 2 aliphatic rings. The molecule has 1 amide bonds. The van der Waals surface area contributed by atoms with Crippen molar-refractivity contribution in [1.82, 2.24) is 20.2 Å². The van der Waals surface area contributed by atoms with E-state index in [0.717, 1.165) is 31.7 Å². The van der Waals surface area contributed by atoms with Crippen molar-refractivity contribution in [2.24, 2.45) is 5.92 Å². The van der Waals surface area contributed by atoms with Gasteiger partial charge in [0.1, 0.15) is 5.69 Å². The summed E-state index contributed by atoms with van der Waals surface area (Å²) in [4.78, 5) is 23.1. The second kappa shape index (κ2) is 5.87. The molecule has 2 fully saturated rings. The lowest BCUT2D eigenvalue weighted by molar-refractivity contribution is 0.0946. The van der Waals surface area contributed by atoms with Gasteiger partial charge < -0.3 is 10.2 Å². The predicted molar refractivity (Wildman–Crippen MR) is 76.6 cm³/mol. The summed E-state index contributed by atoms with van der Waals surface area (Å²) in [5, 5.41) is 2.95. The zero-order chi connectivity index (χ0) is 13.9. The summed E-state index contributed by atoms with van der Waals surface area (Å²) in [6.45, 7) is 2.92. The Hall–Kier alpha value is -1.49. The maximum Gasteiger partial charge on any atom is 0.271 e. The largest absolute Gasteiger partial charge is 0.350 e. The van der Waals surface area contributed by atoms with Gasteiger partial charge in [-0.05, 0) is 45.2 Å². The normalized spacial score (nSPS) is 23.6. The monoisotopic (exact) mass is 274 g/mol. The van der Waals surface area contributed by atoms with Gasteiger partial charge in [-0.2, -0.15) is 0 Å². The summed E-state index contributed by atoms with van der Waals surface area (Å²) >= 11 is 0. The Labute approximate surface area is 119 Å². The Morgan fingerprint density at radius 3 is 3.00 bits per heavy atom. The van der Waals surface area contributed by atoms with Crippen LogP contribution in [-0.4, -0.2) is 47.5 Å². The molecule has 0 aromatic carbocycles. The zero-order valence-corrected chi connectivity index (χ0v) is 12.0. The average Bonchev–Trinajstić information content (AvgIpc) is 3.29. The molecular formula is C15H22N4O. The van der Waals surface area contributed by atoms with E-state index in [1.165, 1.54) is 19.3 Å². The standard InChI is InChI=1S/C15H22N4O/c1-19-6-2-3-12(10-19)13-8-16-9-14(18-13)15(20)17-7-11-4-5-11/h8-9,11-12H,2-7,10H2,1H3,(H,17,20). The van der Waals surface area contributed by atoms with E-state index in [1.54, 1.807) is 6.20 Å². The van der Waals surface area contributed by atoms with Crippen LogP contribution in [-0.2, 0) is 0 Å². The maximum absolute atomic E-state index is 12.1. The third-order valence-corrected chi connectivity index (χ3v) is 4.18. The van der Waals surface area contributed by atoms with Crippen LogP contribution in [0, 0.1) is 5.92 Å². The van der Waals surface area contributed by atoms with E-state index in [1.807, 2.05) is 6.20 Å². The first-order chi connectivity index (χ1) is 9.72. The minimum atomic E-state index is -0.0876. The highest BCUT2D eigenvalue weighted by atomic mass is 16.1. The molecule has 0 spiro atoms. The molecule has 1 saturated carbocycles. The molecule has 1 atom stereocenters. The highest BCUT2D eigenvalue weighted by Crippen LogP contribution is 2.27. The van der Waals surface area contributed by atoms with Gasteiger partial charge in [-0.15, -0.1) is 0 Å². The molecular weight excluding hydrogens is 252 g/mol. The first kappa shape index (κ1) is 13.5. The Balaban J connectivity index is 1.66. The summed E-state index contributed by atoms with van der Waals surface area (Å²) in [5.74, 6) is 0.995. The predicted octanol–water partition coefficient (Wildman–Crippen LogP) is 1.43. The van der Waals surface area contributed by atoms with E-state index >= 15 is 0 Å². The number of likely N-dealkylation sites (tertiary alicyclic amines) is 1.